The van der Waals surface area contributed by atoms with Crippen LogP contribution in [0.2, 0.25) is 0 Å². The van der Waals surface area contributed by atoms with Crippen LogP contribution in [0, 0.1) is 5.82 Å². The first-order valence-corrected chi connectivity index (χ1v) is 5.29. The normalized spacial score (nSPS) is 12.4. The molecule has 96 valence electrons. The lowest BCUT2D eigenvalue weighted by Gasteiger charge is -2.02. The molecule has 5 nitrogen and oxygen atoms in total. The lowest BCUT2D eigenvalue weighted by molar-refractivity contribution is -0.138. The highest BCUT2D eigenvalue weighted by Crippen LogP contribution is 2.18. The Kier molecular flexibility index (Phi) is 4.98. The van der Waals surface area contributed by atoms with Gasteiger partial charge in [0.2, 0.25) is 5.70 Å². The zero-order chi connectivity index (χ0) is 13.5. The van der Waals surface area contributed by atoms with Gasteiger partial charge < -0.3 is 9.84 Å². The van der Waals surface area contributed by atoms with Gasteiger partial charge in [-0.3, -0.25) is 0 Å². The second-order valence-corrected chi connectivity index (χ2v) is 3.31. The molecule has 0 aliphatic rings. The number of hydrogen-bond donors (Lipinski definition) is 1. The quantitative estimate of drug-likeness (QED) is 0.387. The highest BCUT2D eigenvalue weighted by Gasteiger charge is 2.14. The van der Waals surface area contributed by atoms with Gasteiger partial charge in [-0.1, -0.05) is 12.1 Å². The second kappa shape index (κ2) is 6.48. The molecule has 0 atom stereocenters. The molecule has 0 fully saturated rings. The summed E-state index contributed by atoms with van der Waals surface area (Å²) in [6.07, 6.45) is 0. The molecule has 6 heteroatoms. The Balaban J connectivity index is 2.96. The topological polar surface area (TPSA) is 71.2 Å². The van der Waals surface area contributed by atoms with E-state index < -0.39 is 11.8 Å². The van der Waals surface area contributed by atoms with E-state index in [4.69, 9.17) is 0 Å². The molecule has 1 aromatic carbocycles. The van der Waals surface area contributed by atoms with E-state index in [9.17, 15) is 14.3 Å². The van der Waals surface area contributed by atoms with Crippen LogP contribution in [0.15, 0.2) is 46.0 Å². The predicted octanol–water partition coefficient (Wildman–Crippen LogP) is 3.26. The summed E-state index contributed by atoms with van der Waals surface area (Å²) in [6.45, 7) is 3.04. The van der Waals surface area contributed by atoms with E-state index in [1.54, 1.807) is 13.0 Å². The minimum absolute atomic E-state index is 0.0273. The molecule has 0 aromatic heterocycles. The van der Waals surface area contributed by atoms with E-state index >= 15 is 0 Å². The number of aliphatic hydroxyl groups excluding tert-OH is 1. The first-order chi connectivity index (χ1) is 8.56. The first kappa shape index (κ1) is 13.8. The van der Waals surface area contributed by atoms with E-state index in [0.717, 1.165) is 0 Å². The maximum Gasteiger partial charge on any atom is 0.362 e. The first-order valence-electron chi connectivity index (χ1n) is 5.29. The smallest absolute Gasteiger partial charge is 0.362 e. The van der Waals surface area contributed by atoms with Crippen LogP contribution in [0.5, 0.6) is 0 Å². The van der Waals surface area contributed by atoms with Crippen molar-refractivity contribution in [3.8, 4) is 0 Å². The number of allylic oxidation sites excluding steroid dienone is 1. The standard InChI is InChI=1S/C12H13FN2O3/c1-3-18-12(17)11(8(2)16)15-14-10-7-5-4-6-9(10)13/h4-7,16H,3H2,1-2H3/b11-8-,15-14?. The highest BCUT2D eigenvalue weighted by molar-refractivity contribution is 5.88. The molecule has 1 rings (SSSR count). The molecular weight excluding hydrogens is 239 g/mol. The predicted molar refractivity (Wildman–Crippen MR) is 62.9 cm³/mol. The van der Waals surface area contributed by atoms with Crippen LogP contribution < -0.4 is 0 Å². The lowest BCUT2D eigenvalue weighted by Crippen LogP contribution is -2.07. The van der Waals surface area contributed by atoms with Crippen molar-refractivity contribution in [2.24, 2.45) is 10.2 Å². The van der Waals surface area contributed by atoms with Crippen LogP contribution in [0.4, 0.5) is 10.1 Å². The van der Waals surface area contributed by atoms with Crippen LogP contribution in [0.25, 0.3) is 0 Å². The molecule has 1 N–H and O–H groups in total. The Morgan fingerprint density at radius 3 is 2.67 bits per heavy atom. The van der Waals surface area contributed by atoms with Crippen LogP contribution in [0.3, 0.4) is 0 Å². The summed E-state index contributed by atoms with van der Waals surface area (Å²) in [5.41, 5.74) is -0.374. The number of hydrogen-bond acceptors (Lipinski definition) is 5. The summed E-state index contributed by atoms with van der Waals surface area (Å²) in [5.74, 6) is -1.72. The summed E-state index contributed by atoms with van der Waals surface area (Å²) in [7, 11) is 0. The summed E-state index contributed by atoms with van der Waals surface area (Å²) in [4.78, 5) is 11.4. The number of benzene rings is 1. The van der Waals surface area contributed by atoms with E-state index in [1.165, 1.54) is 25.1 Å². The maximum absolute atomic E-state index is 13.2. The van der Waals surface area contributed by atoms with E-state index in [1.807, 2.05) is 0 Å². The zero-order valence-electron chi connectivity index (χ0n) is 10.1. The lowest BCUT2D eigenvalue weighted by atomic mass is 10.3. The number of ether oxygens (including phenoxy) is 1. The average Bonchev–Trinajstić information content (AvgIpc) is 2.31. The van der Waals surface area contributed by atoms with Crippen molar-refractivity contribution in [3.05, 3.63) is 41.5 Å². The maximum atomic E-state index is 13.2. The molecule has 0 aliphatic carbocycles. The van der Waals surface area contributed by atoms with Crippen LogP contribution >= 0.6 is 0 Å². The van der Waals surface area contributed by atoms with Crippen LogP contribution in [-0.4, -0.2) is 17.7 Å². The van der Waals surface area contributed by atoms with Crippen molar-refractivity contribution in [1.82, 2.24) is 0 Å². The molecule has 0 radical (unpaired) electrons. The summed E-state index contributed by atoms with van der Waals surface area (Å²) >= 11 is 0. The molecule has 18 heavy (non-hydrogen) atoms. The number of rotatable bonds is 4. The number of halogens is 1. The summed E-state index contributed by atoms with van der Waals surface area (Å²) < 4.78 is 17.9. The third-order valence-electron chi connectivity index (χ3n) is 1.92. The minimum atomic E-state index is -0.808. The number of carbonyl (C=O) groups is 1. The molecule has 0 aliphatic heterocycles. The third-order valence-corrected chi connectivity index (χ3v) is 1.92. The Morgan fingerprint density at radius 2 is 2.11 bits per heavy atom. The largest absolute Gasteiger partial charge is 0.510 e. The van der Waals surface area contributed by atoms with Crippen molar-refractivity contribution in [2.75, 3.05) is 6.61 Å². The Hall–Kier alpha value is -2.24. The summed E-state index contributed by atoms with van der Waals surface area (Å²) in [5, 5.41) is 16.4. The van der Waals surface area contributed by atoms with Gasteiger partial charge in [-0.05, 0) is 26.0 Å². The number of nitrogens with zero attached hydrogens (tertiary/aromatic N) is 2. The van der Waals surface area contributed by atoms with Gasteiger partial charge in [0, 0.05) is 0 Å². The fourth-order valence-electron chi connectivity index (χ4n) is 1.10. The SMILES string of the molecule is CCOC(=O)/C(N=Nc1ccccc1F)=C(\C)O. The van der Waals surface area contributed by atoms with Gasteiger partial charge in [0.15, 0.2) is 5.82 Å². The van der Waals surface area contributed by atoms with E-state index in [0.29, 0.717) is 0 Å². The monoisotopic (exact) mass is 252 g/mol. The van der Waals surface area contributed by atoms with Crippen molar-refractivity contribution in [2.45, 2.75) is 13.8 Å². The van der Waals surface area contributed by atoms with Gasteiger partial charge in [-0.2, -0.15) is 0 Å². The van der Waals surface area contributed by atoms with Crippen molar-refractivity contribution < 1.29 is 19.0 Å². The van der Waals surface area contributed by atoms with Gasteiger partial charge in [0.05, 0.1) is 6.61 Å². The molecule has 0 heterocycles. The number of azo groups is 1. The van der Waals surface area contributed by atoms with Gasteiger partial charge in [0.1, 0.15) is 11.4 Å². The summed E-state index contributed by atoms with van der Waals surface area (Å²) in [6, 6.07) is 5.70. The third kappa shape index (κ3) is 3.65. The zero-order valence-corrected chi connectivity index (χ0v) is 10.1. The second-order valence-electron chi connectivity index (χ2n) is 3.31. The molecule has 0 spiro atoms. The minimum Gasteiger partial charge on any atom is -0.510 e. The molecule has 0 saturated heterocycles. The van der Waals surface area contributed by atoms with E-state index in [2.05, 4.69) is 15.0 Å². The Bertz CT molecular complexity index is 494. The fourth-order valence-corrected chi connectivity index (χ4v) is 1.10. The van der Waals surface area contributed by atoms with Crippen LogP contribution in [-0.2, 0) is 9.53 Å². The fraction of sp³-hybridized carbons (Fsp3) is 0.250. The molecule has 0 saturated carbocycles. The number of carbonyl (C=O) groups excluding carboxylic acids is 1. The number of esters is 1. The molecular formula is C12H13FN2O3. The average molecular weight is 252 g/mol. The van der Waals surface area contributed by atoms with Gasteiger partial charge >= 0.3 is 5.97 Å². The molecule has 0 amide bonds. The van der Waals surface area contributed by atoms with Crippen molar-refractivity contribution in [3.63, 3.8) is 0 Å². The Morgan fingerprint density at radius 1 is 1.44 bits per heavy atom. The molecule has 0 unspecified atom stereocenters. The van der Waals surface area contributed by atoms with E-state index in [-0.39, 0.29) is 23.8 Å². The molecule has 1 aromatic rings. The van der Waals surface area contributed by atoms with Gasteiger partial charge in [0.25, 0.3) is 0 Å². The highest BCUT2D eigenvalue weighted by atomic mass is 19.1. The molecule has 0 bridgehead atoms. The van der Waals surface area contributed by atoms with Crippen molar-refractivity contribution in [1.29, 1.82) is 0 Å². The van der Waals surface area contributed by atoms with Gasteiger partial charge in [-0.25, -0.2) is 9.18 Å². The number of aliphatic hydroxyl groups is 1. The van der Waals surface area contributed by atoms with Crippen molar-refractivity contribution >= 4 is 11.7 Å². The van der Waals surface area contributed by atoms with Crippen LogP contribution in [0.1, 0.15) is 13.8 Å². The van der Waals surface area contributed by atoms with Gasteiger partial charge in [-0.15, -0.1) is 10.2 Å². The Labute approximate surface area is 104 Å².